The number of carbonyl (C=O) groups is 2. The average molecular weight is 247 g/mol. The van der Waals surface area contributed by atoms with Gasteiger partial charge in [-0.05, 0) is 12.5 Å². The van der Waals surface area contributed by atoms with Crippen molar-refractivity contribution in [2.45, 2.75) is 13.5 Å². The SMILES string of the molecule is CCOC(=O)/C=C/C(=O)N(C)Cc1ccccc1. The summed E-state index contributed by atoms with van der Waals surface area (Å²) in [4.78, 5) is 24.3. The Hall–Kier alpha value is -2.10. The number of nitrogens with zero attached hydrogens (tertiary/aromatic N) is 1. The highest BCUT2D eigenvalue weighted by Gasteiger charge is 2.06. The first-order chi connectivity index (χ1) is 8.63. The predicted octanol–water partition coefficient (Wildman–Crippen LogP) is 1.76. The highest BCUT2D eigenvalue weighted by Crippen LogP contribution is 2.03. The zero-order chi connectivity index (χ0) is 13.4. The first-order valence-corrected chi connectivity index (χ1v) is 5.77. The molecule has 0 aromatic heterocycles. The fourth-order valence-electron chi connectivity index (χ4n) is 1.39. The van der Waals surface area contributed by atoms with Gasteiger partial charge in [0.2, 0.25) is 5.91 Å². The lowest BCUT2D eigenvalue weighted by atomic mass is 10.2. The largest absolute Gasteiger partial charge is 0.463 e. The monoisotopic (exact) mass is 247 g/mol. The van der Waals surface area contributed by atoms with Crippen molar-refractivity contribution in [3.05, 3.63) is 48.0 Å². The minimum atomic E-state index is -0.501. The molecule has 0 bridgehead atoms. The number of hydrogen-bond acceptors (Lipinski definition) is 3. The normalized spacial score (nSPS) is 10.3. The number of hydrogen-bond donors (Lipinski definition) is 0. The predicted molar refractivity (Wildman–Crippen MR) is 68.7 cm³/mol. The van der Waals surface area contributed by atoms with Gasteiger partial charge in [-0.25, -0.2) is 4.79 Å². The number of ether oxygens (including phenoxy) is 1. The van der Waals surface area contributed by atoms with Crippen LogP contribution >= 0.6 is 0 Å². The molecule has 96 valence electrons. The maximum absolute atomic E-state index is 11.7. The molecule has 1 aromatic rings. The van der Waals surface area contributed by atoms with Gasteiger partial charge < -0.3 is 9.64 Å². The molecule has 0 aliphatic carbocycles. The minimum Gasteiger partial charge on any atom is -0.463 e. The average Bonchev–Trinajstić information content (AvgIpc) is 2.37. The molecular formula is C14H17NO3. The van der Waals surface area contributed by atoms with Crippen molar-refractivity contribution in [1.29, 1.82) is 0 Å². The minimum absolute atomic E-state index is 0.230. The number of carbonyl (C=O) groups excluding carboxylic acids is 2. The third-order valence-electron chi connectivity index (χ3n) is 2.29. The Kier molecular flexibility index (Phi) is 5.64. The van der Waals surface area contributed by atoms with Crippen molar-refractivity contribution >= 4 is 11.9 Å². The highest BCUT2D eigenvalue weighted by atomic mass is 16.5. The second-order valence-corrected chi connectivity index (χ2v) is 3.77. The highest BCUT2D eigenvalue weighted by molar-refractivity contribution is 5.94. The molecule has 18 heavy (non-hydrogen) atoms. The van der Waals surface area contributed by atoms with Gasteiger partial charge in [-0.3, -0.25) is 4.79 Å². The van der Waals surface area contributed by atoms with Crippen molar-refractivity contribution in [3.8, 4) is 0 Å². The van der Waals surface area contributed by atoms with Gasteiger partial charge in [-0.15, -0.1) is 0 Å². The molecule has 0 radical (unpaired) electrons. The summed E-state index contributed by atoms with van der Waals surface area (Å²) < 4.78 is 4.69. The van der Waals surface area contributed by atoms with Crippen LogP contribution in [0.15, 0.2) is 42.5 Å². The van der Waals surface area contributed by atoms with E-state index in [1.807, 2.05) is 30.3 Å². The Morgan fingerprint density at radius 3 is 2.50 bits per heavy atom. The van der Waals surface area contributed by atoms with E-state index in [0.717, 1.165) is 11.6 Å². The Bertz CT molecular complexity index is 426. The molecule has 0 atom stereocenters. The molecule has 0 saturated heterocycles. The summed E-state index contributed by atoms with van der Waals surface area (Å²) in [6.07, 6.45) is 2.37. The second kappa shape index (κ2) is 7.27. The van der Waals surface area contributed by atoms with E-state index in [0.29, 0.717) is 13.2 Å². The molecule has 0 aliphatic heterocycles. The third kappa shape index (κ3) is 4.82. The van der Waals surface area contributed by atoms with Gasteiger partial charge in [0.1, 0.15) is 0 Å². The van der Waals surface area contributed by atoms with Gasteiger partial charge in [0.25, 0.3) is 0 Å². The summed E-state index contributed by atoms with van der Waals surface area (Å²) in [6.45, 7) is 2.53. The molecule has 0 N–H and O–H groups in total. The van der Waals surface area contributed by atoms with Crippen LogP contribution in [0.4, 0.5) is 0 Å². The van der Waals surface area contributed by atoms with Crippen LogP contribution in [0.1, 0.15) is 12.5 Å². The molecule has 0 saturated carbocycles. The summed E-state index contributed by atoms with van der Waals surface area (Å²) in [5.74, 6) is -0.731. The van der Waals surface area contributed by atoms with Gasteiger partial charge in [-0.1, -0.05) is 30.3 Å². The zero-order valence-electron chi connectivity index (χ0n) is 10.6. The lowest BCUT2D eigenvalue weighted by Gasteiger charge is -2.14. The summed E-state index contributed by atoms with van der Waals surface area (Å²) >= 11 is 0. The van der Waals surface area contributed by atoms with E-state index in [-0.39, 0.29) is 5.91 Å². The lowest BCUT2D eigenvalue weighted by molar-refractivity contribution is -0.137. The molecule has 4 heteroatoms. The Morgan fingerprint density at radius 1 is 1.22 bits per heavy atom. The molecule has 4 nitrogen and oxygen atoms in total. The van der Waals surface area contributed by atoms with Crippen LogP contribution in [0.5, 0.6) is 0 Å². The van der Waals surface area contributed by atoms with Gasteiger partial charge in [-0.2, -0.15) is 0 Å². The first-order valence-electron chi connectivity index (χ1n) is 5.77. The van der Waals surface area contributed by atoms with Crippen molar-refractivity contribution in [2.75, 3.05) is 13.7 Å². The van der Waals surface area contributed by atoms with Crippen LogP contribution in [0.3, 0.4) is 0 Å². The number of amides is 1. The summed E-state index contributed by atoms with van der Waals surface area (Å²) in [5, 5.41) is 0. The van der Waals surface area contributed by atoms with E-state index in [9.17, 15) is 9.59 Å². The lowest BCUT2D eigenvalue weighted by Crippen LogP contribution is -2.24. The fraction of sp³-hybridized carbons (Fsp3) is 0.286. The van der Waals surface area contributed by atoms with Gasteiger partial charge in [0.05, 0.1) is 6.61 Å². The van der Waals surface area contributed by atoms with E-state index in [2.05, 4.69) is 0 Å². The molecule has 0 unspecified atom stereocenters. The van der Waals surface area contributed by atoms with E-state index in [1.54, 1.807) is 14.0 Å². The van der Waals surface area contributed by atoms with E-state index >= 15 is 0 Å². The zero-order valence-corrected chi connectivity index (χ0v) is 10.6. The Balaban J connectivity index is 2.49. The summed E-state index contributed by atoms with van der Waals surface area (Å²) in [7, 11) is 1.69. The molecule has 1 amide bonds. The van der Waals surface area contributed by atoms with Crippen LogP contribution in [0.25, 0.3) is 0 Å². The second-order valence-electron chi connectivity index (χ2n) is 3.77. The molecule has 1 rings (SSSR count). The third-order valence-corrected chi connectivity index (χ3v) is 2.29. The van der Waals surface area contributed by atoms with Crippen LogP contribution < -0.4 is 0 Å². The Morgan fingerprint density at radius 2 is 1.89 bits per heavy atom. The van der Waals surface area contributed by atoms with Crippen LogP contribution in [-0.2, 0) is 20.9 Å². The van der Waals surface area contributed by atoms with Gasteiger partial charge in [0, 0.05) is 25.7 Å². The molecule has 0 aliphatic rings. The van der Waals surface area contributed by atoms with E-state index in [1.165, 1.54) is 11.0 Å². The van der Waals surface area contributed by atoms with Crippen molar-refractivity contribution in [2.24, 2.45) is 0 Å². The van der Waals surface area contributed by atoms with Crippen LogP contribution in [0, 0.1) is 0 Å². The maximum Gasteiger partial charge on any atom is 0.330 e. The first kappa shape index (κ1) is 14.0. The summed E-state index contributed by atoms with van der Waals surface area (Å²) in [5.41, 5.74) is 1.04. The Labute approximate surface area is 107 Å². The number of benzene rings is 1. The standard InChI is InChI=1S/C14H17NO3/c1-3-18-14(17)10-9-13(16)15(2)11-12-7-5-4-6-8-12/h4-10H,3,11H2,1-2H3/b10-9+. The number of rotatable bonds is 5. The molecular weight excluding hydrogens is 230 g/mol. The van der Waals surface area contributed by atoms with Crippen molar-refractivity contribution < 1.29 is 14.3 Å². The fourth-order valence-corrected chi connectivity index (χ4v) is 1.39. The maximum atomic E-state index is 11.7. The quantitative estimate of drug-likeness (QED) is 0.588. The van der Waals surface area contributed by atoms with Crippen molar-refractivity contribution in [3.63, 3.8) is 0 Å². The smallest absolute Gasteiger partial charge is 0.330 e. The van der Waals surface area contributed by atoms with Crippen LogP contribution in [0.2, 0.25) is 0 Å². The molecule has 1 aromatic carbocycles. The van der Waals surface area contributed by atoms with Crippen molar-refractivity contribution in [1.82, 2.24) is 4.90 Å². The topological polar surface area (TPSA) is 46.6 Å². The number of esters is 1. The van der Waals surface area contributed by atoms with Gasteiger partial charge in [0.15, 0.2) is 0 Å². The summed E-state index contributed by atoms with van der Waals surface area (Å²) in [6, 6.07) is 9.65. The molecule has 0 fully saturated rings. The number of likely N-dealkylation sites (N-methyl/N-ethyl adjacent to an activating group) is 1. The molecule has 0 heterocycles. The van der Waals surface area contributed by atoms with Gasteiger partial charge >= 0.3 is 5.97 Å². The molecule has 0 spiro atoms. The van der Waals surface area contributed by atoms with Crippen LogP contribution in [-0.4, -0.2) is 30.4 Å². The van der Waals surface area contributed by atoms with E-state index < -0.39 is 5.97 Å². The van der Waals surface area contributed by atoms with E-state index in [4.69, 9.17) is 4.74 Å².